The van der Waals surface area contributed by atoms with Crippen LogP contribution in [0, 0.1) is 5.92 Å². The van der Waals surface area contributed by atoms with Gasteiger partial charge in [-0.25, -0.2) is 0 Å². The molecule has 3 aromatic rings. The minimum Gasteiger partial charge on any atom is -0.496 e. The summed E-state index contributed by atoms with van der Waals surface area (Å²) in [5, 5.41) is 3.93. The average Bonchev–Trinajstić information content (AvgIpc) is 3.21. The summed E-state index contributed by atoms with van der Waals surface area (Å²) in [4.78, 5) is 27.0. The van der Waals surface area contributed by atoms with Gasteiger partial charge in [0.25, 0.3) is 11.8 Å². The summed E-state index contributed by atoms with van der Waals surface area (Å²) in [7, 11) is 1.56. The standard InChI is InChI=1S/C23H24N2O4/c1-28-20-9-5-3-7-18(20)22(26)24-15-16-10-12-25(13-11-16)23(27)21-14-17-6-2-4-8-19(17)29-21/h2-9,14,16H,10-13,15H2,1H3,(H,24,26). The summed E-state index contributed by atoms with van der Waals surface area (Å²) in [5.74, 6) is 1.08. The van der Waals surface area contributed by atoms with E-state index in [0.717, 1.165) is 23.8 Å². The van der Waals surface area contributed by atoms with Crippen LogP contribution in [0.1, 0.15) is 33.8 Å². The van der Waals surface area contributed by atoms with Gasteiger partial charge in [0.1, 0.15) is 11.3 Å². The van der Waals surface area contributed by atoms with E-state index in [1.54, 1.807) is 25.3 Å². The third kappa shape index (κ3) is 4.11. The Bertz CT molecular complexity index is 985. The number of furan rings is 1. The maximum Gasteiger partial charge on any atom is 0.289 e. The number of hydrogen-bond acceptors (Lipinski definition) is 4. The molecule has 4 rings (SSSR count). The van der Waals surface area contributed by atoms with Crippen molar-refractivity contribution in [1.29, 1.82) is 0 Å². The summed E-state index contributed by atoms with van der Waals surface area (Å²) in [6.45, 7) is 1.90. The summed E-state index contributed by atoms with van der Waals surface area (Å²) in [6.07, 6.45) is 1.69. The number of benzene rings is 2. The average molecular weight is 392 g/mol. The third-order valence-corrected chi connectivity index (χ3v) is 5.44. The lowest BCUT2D eigenvalue weighted by Gasteiger charge is -2.31. The van der Waals surface area contributed by atoms with E-state index >= 15 is 0 Å². The molecule has 2 amide bonds. The summed E-state index contributed by atoms with van der Waals surface area (Å²) in [5.41, 5.74) is 1.26. The van der Waals surface area contributed by atoms with Crippen molar-refractivity contribution < 1.29 is 18.7 Å². The SMILES string of the molecule is COc1ccccc1C(=O)NCC1CCN(C(=O)c2cc3ccccc3o2)CC1. The number of hydrogen-bond donors (Lipinski definition) is 1. The molecule has 0 unspecified atom stereocenters. The highest BCUT2D eigenvalue weighted by Crippen LogP contribution is 2.23. The van der Waals surface area contributed by atoms with Crippen LogP contribution in [0.4, 0.5) is 0 Å². The highest BCUT2D eigenvalue weighted by molar-refractivity contribution is 5.97. The van der Waals surface area contributed by atoms with Crippen LogP contribution in [0.25, 0.3) is 11.0 Å². The highest BCUT2D eigenvalue weighted by atomic mass is 16.5. The zero-order valence-electron chi connectivity index (χ0n) is 16.4. The lowest BCUT2D eigenvalue weighted by molar-refractivity contribution is 0.0655. The first-order chi connectivity index (χ1) is 14.2. The van der Waals surface area contributed by atoms with Crippen LogP contribution < -0.4 is 10.1 Å². The Hall–Kier alpha value is -3.28. The fourth-order valence-electron chi connectivity index (χ4n) is 3.75. The van der Waals surface area contributed by atoms with Crippen LogP contribution in [-0.4, -0.2) is 43.5 Å². The van der Waals surface area contributed by atoms with Gasteiger partial charge in [-0.2, -0.15) is 0 Å². The van der Waals surface area contributed by atoms with E-state index in [1.165, 1.54) is 0 Å². The van der Waals surface area contributed by atoms with Gasteiger partial charge in [0.05, 0.1) is 12.7 Å². The Morgan fingerprint density at radius 2 is 1.83 bits per heavy atom. The molecular weight excluding hydrogens is 368 g/mol. The van der Waals surface area contributed by atoms with E-state index in [4.69, 9.17) is 9.15 Å². The van der Waals surface area contributed by atoms with E-state index in [1.807, 2.05) is 41.3 Å². The normalized spacial score (nSPS) is 14.7. The molecule has 1 saturated heterocycles. The third-order valence-electron chi connectivity index (χ3n) is 5.44. The lowest BCUT2D eigenvalue weighted by atomic mass is 9.96. The number of carbonyl (C=O) groups excluding carboxylic acids is 2. The largest absolute Gasteiger partial charge is 0.496 e. The van der Waals surface area contributed by atoms with Gasteiger partial charge in [-0.15, -0.1) is 0 Å². The molecule has 2 aromatic carbocycles. The molecule has 2 heterocycles. The molecule has 150 valence electrons. The van der Waals surface area contributed by atoms with Crippen LogP contribution in [0.3, 0.4) is 0 Å². The number of ether oxygens (including phenoxy) is 1. The molecular formula is C23H24N2O4. The Balaban J connectivity index is 1.30. The molecule has 1 aliphatic heterocycles. The van der Waals surface area contributed by atoms with Gasteiger partial charge in [0, 0.05) is 25.0 Å². The van der Waals surface area contributed by atoms with Gasteiger partial charge in [0.15, 0.2) is 5.76 Å². The van der Waals surface area contributed by atoms with E-state index < -0.39 is 0 Å². The van der Waals surface area contributed by atoms with Crippen molar-refractivity contribution in [2.45, 2.75) is 12.8 Å². The van der Waals surface area contributed by atoms with Crippen LogP contribution in [-0.2, 0) is 0 Å². The molecule has 0 radical (unpaired) electrons. The molecule has 1 aliphatic rings. The van der Waals surface area contributed by atoms with E-state index in [9.17, 15) is 9.59 Å². The number of para-hydroxylation sites is 2. The van der Waals surface area contributed by atoms with Crippen molar-refractivity contribution in [2.75, 3.05) is 26.7 Å². The second-order valence-electron chi connectivity index (χ2n) is 7.29. The number of nitrogens with one attached hydrogen (secondary N) is 1. The molecule has 1 N–H and O–H groups in total. The van der Waals surface area contributed by atoms with Crippen LogP contribution in [0.15, 0.2) is 59.0 Å². The van der Waals surface area contributed by atoms with Crippen molar-refractivity contribution in [3.05, 3.63) is 65.9 Å². The van der Waals surface area contributed by atoms with Crippen LogP contribution >= 0.6 is 0 Å². The maximum absolute atomic E-state index is 12.7. The first-order valence-electron chi connectivity index (χ1n) is 9.85. The van der Waals surface area contributed by atoms with E-state index in [-0.39, 0.29) is 11.8 Å². The quantitative estimate of drug-likeness (QED) is 0.718. The Labute approximate surface area is 169 Å². The molecule has 1 fully saturated rings. The second-order valence-corrected chi connectivity index (χ2v) is 7.29. The Morgan fingerprint density at radius 1 is 1.10 bits per heavy atom. The number of carbonyl (C=O) groups is 2. The number of piperidine rings is 1. The minimum atomic E-state index is -0.136. The van der Waals surface area contributed by atoms with Crippen molar-refractivity contribution in [1.82, 2.24) is 10.2 Å². The highest BCUT2D eigenvalue weighted by Gasteiger charge is 2.26. The first-order valence-corrected chi connectivity index (χ1v) is 9.85. The van der Waals surface area contributed by atoms with Crippen molar-refractivity contribution in [3.8, 4) is 5.75 Å². The molecule has 29 heavy (non-hydrogen) atoms. The van der Waals surface area contributed by atoms with Gasteiger partial charge in [-0.1, -0.05) is 30.3 Å². The van der Waals surface area contributed by atoms with Crippen LogP contribution in [0.5, 0.6) is 5.75 Å². The molecule has 6 heteroatoms. The van der Waals surface area contributed by atoms with E-state index in [0.29, 0.717) is 42.6 Å². The smallest absolute Gasteiger partial charge is 0.289 e. The minimum absolute atomic E-state index is 0.0716. The molecule has 1 aromatic heterocycles. The summed E-state index contributed by atoms with van der Waals surface area (Å²) < 4.78 is 10.9. The van der Waals surface area contributed by atoms with Gasteiger partial charge >= 0.3 is 0 Å². The van der Waals surface area contributed by atoms with Gasteiger partial charge in [0.2, 0.25) is 0 Å². The van der Waals surface area contributed by atoms with Crippen molar-refractivity contribution in [3.63, 3.8) is 0 Å². The predicted molar refractivity (Wildman–Crippen MR) is 110 cm³/mol. The Kier molecular flexibility index (Phi) is 5.51. The topological polar surface area (TPSA) is 71.8 Å². The molecule has 0 atom stereocenters. The molecule has 0 spiro atoms. The molecule has 0 bridgehead atoms. The fraction of sp³-hybridized carbons (Fsp3) is 0.304. The van der Waals surface area contributed by atoms with Crippen molar-refractivity contribution in [2.24, 2.45) is 5.92 Å². The number of nitrogens with zero attached hydrogens (tertiary/aromatic N) is 1. The lowest BCUT2D eigenvalue weighted by Crippen LogP contribution is -2.41. The number of likely N-dealkylation sites (tertiary alicyclic amines) is 1. The molecule has 0 aliphatic carbocycles. The fourth-order valence-corrected chi connectivity index (χ4v) is 3.75. The zero-order valence-corrected chi connectivity index (χ0v) is 16.4. The van der Waals surface area contributed by atoms with Gasteiger partial charge in [-0.05, 0) is 43.0 Å². The Morgan fingerprint density at radius 3 is 2.59 bits per heavy atom. The van der Waals surface area contributed by atoms with Gasteiger partial charge in [-0.3, -0.25) is 9.59 Å². The number of methoxy groups -OCH3 is 1. The first kappa shape index (κ1) is 19.1. The summed E-state index contributed by atoms with van der Waals surface area (Å²) in [6, 6.07) is 16.6. The van der Waals surface area contributed by atoms with Crippen LogP contribution in [0.2, 0.25) is 0 Å². The summed E-state index contributed by atoms with van der Waals surface area (Å²) >= 11 is 0. The number of fused-ring (bicyclic) bond motifs is 1. The number of rotatable bonds is 5. The zero-order chi connectivity index (χ0) is 20.2. The number of amides is 2. The predicted octanol–water partition coefficient (Wildman–Crippen LogP) is 3.72. The van der Waals surface area contributed by atoms with E-state index in [2.05, 4.69) is 5.32 Å². The second kappa shape index (κ2) is 8.39. The monoisotopic (exact) mass is 392 g/mol. The molecule has 0 saturated carbocycles. The molecule has 6 nitrogen and oxygen atoms in total. The van der Waals surface area contributed by atoms with Crippen molar-refractivity contribution >= 4 is 22.8 Å². The maximum atomic E-state index is 12.7. The van der Waals surface area contributed by atoms with Gasteiger partial charge < -0.3 is 19.4 Å².